The van der Waals surface area contributed by atoms with E-state index in [4.69, 9.17) is 0 Å². The van der Waals surface area contributed by atoms with Crippen LogP contribution in [-0.2, 0) is 19.6 Å². The Balaban J connectivity index is 2.07. The molecule has 0 bridgehead atoms. The second-order valence-corrected chi connectivity index (χ2v) is 7.90. The number of thiazole rings is 1. The largest absolute Gasteiger partial charge is 0.301 e. The van der Waals surface area contributed by atoms with E-state index in [-0.39, 0.29) is 0 Å². The third kappa shape index (κ3) is 2.84. The molecule has 2 heterocycles. The van der Waals surface area contributed by atoms with Gasteiger partial charge in [0.25, 0.3) is 0 Å². The minimum Gasteiger partial charge on any atom is -0.301 e. The Morgan fingerprint density at radius 1 is 1.39 bits per heavy atom. The van der Waals surface area contributed by atoms with Gasteiger partial charge in [0.1, 0.15) is 11.7 Å². The average Bonchev–Trinajstić information content (AvgIpc) is 2.97. The number of anilines is 2. The van der Waals surface area contributed by atoms with Crippen molar-refractivity contribution < 1.29 is 18.0 Å². The van der Waals surface area contributed by atoms with E-state index in [2.05, 4.69) is 10.3 Å². The Hall–Kier alpha value is -2.26. The highest BCUT2D eigenvalue weighted by Gasteiger charge is 2.39. The molecule has 0 spiro atoms. The van der Waals surface area contributed by atoms with Crippen molar-refractivity contribution in [2.24, 2.45) is 0 Å². The number of sulfonamides is 1. The quantitative estimate of drug-likeness (QED) is 0.821. The number of ketones is 1. The SMILES string of the molecule is CN1c2ccccc2C(C(=O)Nc2nccs2)C(=O)CS1(=O)=O. The van der Waals surface area contributed by atoms with Gasteiger partial charge in [0.15, 0.2) is 10.9 Å². The fourth-order valence-corrected chi connectivity index (χ4v) is 4.17. The van der Waals surface area contributed by atoms with E-state index in [1.807, 2.05) is 0 Å². The van der Waals surface area contributed by atoms with Gasteiger partial charge in [-0.2, -0.15) is 0 Å². The van der Waals surface area contributed by atoms with Crippen LogP contribution in [-0.4, -0.2) is 37.9 Å². The van der Waals surface area contributed by atoms with Crippen LogP contribution in [0.1, 0.15) is 11.5 Å². The number of carbonyl (C=O) groups excluding carboxylic acids is 2. The number of hydrogen-bond acceptors (Lipinski definition) is 6. The maximum absolute atomic E-state index is 12.5. The van der Waals surface area contributed by atoms with Crippen molar-refractivity contribution in [2.75, 3.05) is 22.4 Å². The van der Waals surface area contributed by atoms with Crippen molar-refractivity contribution in [3.05, 3.63) is 41.4 Å². The number of aromatic nitrogens is 1. The minimum absolute atomic E-state index is 0.331. The lowest BCUT2D eigenvalue weighted by atomic mass is 9.93. The number of nitrogens with one attached hydrogen (secondary N) is 1. The number of fused-ring (bicyclic) bond motifs is 1. The number of hydrogen-bond donors (Lipinski definition) is 1. The zero-order valence-electron chi connectivity index (χ0n) is 12.1. The van der Waals surface area contributed by atoms with Gasteiger partial charge in [-0.1, -0.05) is 18.2 Å². The molecule has 7 nitrogen and oxygen atoms in total. The van der Waals surface area contributed by atoms with Crippen LogP contribution in [0, 0.1) is 0 Å². The van der Waals surface area contributed by atoms with Gasteiger partial charge in [-0.3, -0.25) is 13.9 Å². The first-order chi connectivity index (χ1) is 10.9. The number of para-hydroxylation sites is 1. The summed E-state index contributed by atoms with van der Waals surface area (Å²) in [5, 5.41) is 4.62. The van der Waals surface area contributed by atoms with Gasteiger partial charge >= 0.3 is 0 Å². The van der Waals surface area contributed by atoms with Gasteiger partial charge in [0.05, 0.1) is 5.69 Å². The number of rotatable bonds is 2. The predicted octanol–water partition coefficient (Wildman–Crippen LogP) is 1.21. The molecular weight excluding hydrogens is 338 g/mol. The molecule has 1 aromatic carbocycles. The lowest BCUT2D eigenvalue weighted by Crippen LogP contribution is -2.32. The number of nitrogens with zero attached hydrogens (tertiary/aromatic N) is 2. The van der Waals surface area contributed by atoms with Crippen LogP contribution < -0.4 is 9.62 Å². The van der Waals surface area contributed by atoms with Gasteiger partial charge in [-0.15, -0.1) is 11.3 Å². The summed E-state index contributed by atoms with van der Waals surface area (Å²) in [6.45, 7) is 0. The minimum atomic E-state index is -3.80. The van der Waals surface area contributed by atoms with E-state index in [0.29, 0.717) is 16.4 Å². The lowest BCUT2D eigenvalue weighted by Gasteiger charge is -2.19. The topological polar surface area (TPSA) is 96.4 Å². The highest BCUT2D eigenvalue weighted by atomic mass is 32.2. The van der Waals surface area contributed by atoms with E-state index >= 15 is 0 Å². The van der Waals surface area contributed by atoms with Crippen LogP contribution in [0.15, 0.2) is 35.8 Å². The molecule has 3 rings (SSSR count). The summed E-state index contributed by atoms with van der Waals surface area (Å²) >= 11 is 1.22. The highest BCUT2D eigenvalue weighted by molar-refractivity contribution is 7.93. The van der Waals surface area contributed by atoms with E-state index in [1.165, 1.54) is 24.6 Å². The van der Waals surface area contributed by atoms with E-state index in [1.54, 1.807) is 29.6 Å². The van der Waals surface area contributed by atoms with E-state index in [9.17, 15) is 18.0 Å². The van der Waals surface area contributed by atoms with Crippen molar-refractivity contribution in [3.8, 4) is 0 Å². The van der Waals surface area contributed by atoms with Crippen molar-refractivity contribution in [1.82, 2.24) is 4.98 Å². The van der Waals surface area contributed by atoms with Crippen molar-refractivity contribution >= 4 is 43.9 Å². The molecule has 0 saturated heterocycles. The third-order valence-electron chi connectivity index (χ3n) is 3.58. The average molecular weight is 351 g/mol. The molecule has 120 valence electrons. The lowest BCUT2D eigenvalue weighted by molar-refractivity contribution is -0.126. The van der Waals surface area contributed by atoms with Gasteiger partial charge in [-0.25, -0.2) is 13.4 Å². The molecule has 23 heavy (non-hydrogen) atoms. The normalized spacial score (nSPS) is 19.8. The second-order valence-electron chi connectivity index (χ2n) is 5.01. The molecule has 1 aromatic heterocycles. The van der Waals surface area contributed by atoms with E-state index in [0.717, 1.165) is 4.31 Å². The third-order valence-corrected chi connectivity index (χ3v) is 5.94. The summed E-state index contributed by atoms with van der Waals surface area (Å²) in [4.78, 5) is 28.9. The molecule has 1 N–H and O–H groups in total. The molecule has 0 radical (unpaired) electrons. The molecule has 1 amide bonds. The Labute approximate surface area is 137 Å². The molecule has 1 atom stereocenters. The summed E-state index contributed by atoms with van der Waals surface area (Å²) < 4.78 is 25.5. The van der Waals surface area contributed by atoms with Crippen LogP contribution in [0.2, 0.25) is 0 Å². The van der Waals surface area contributed by atoms with Gasteiger partial charge < -0.3 is 5.32 Å². The molecule has 1 aliphatic rings. The number of benzene rings is 1. The van der Waals surface area contributed by atoms with Crippen LogP contribution in [0.4, 0.5) is 10.8 Å². The molecule has 1 aliphatic heterocycles. The zero-order chi connectivity index (χ0) is 16.6. The van der Waals surface area contributed by atoms with Crippen LogP contribution in [0.3, 0.4) is 0 Å². The Kier molecular flexibility index (Phi) is 3.90. The highest BCUT2D eigenvalue weighted by Crippen LogP contribution is 2.34. The number of amides is 1. The molecule has 0 aliphatic carbocycles. The number of carbonyl (C=O) groups is 2. The fourth-order valence-electron chi connectivity index (χ4n) is 2.45. The van der Waals surface area contributed by atoms with Crippen LogP contribution in [0.25, 0.3) is 0 Å². The summed E-state index contributed by atoms with van der Waals surface area (Å²) in [7, 11) is -2.42. The maximum atomic E-state index is 12.5. The molecule has 2 aromatic rings. The molecule has 0 saturated carbocycles. The monoisotopic (exact) mass is 351 g/mol. The Bertz CT molecular complexity index is 862. The van der Waals surface area contributed by atoms with E-state index < -0.39 is 33.4 Å². The molecule has 0 fully saturated rings. The summed E-state index contributed by atoms with van der Waals surface area (Å²) in [5.41, 5.74) is 0.702. The Morgan fingerprint density at radius 3 is 2.83 bits per heavy atom. The van der Waals surface area contributed by atoms with Crippen LogP contribution in [0.5, 0.6) is 0 Å². The first kappa shape index (κ1) is 15.6. The van der Waals surface area contributed by atoms with Crippen LogP contribution >= 0.6 is 11.3 Å². The second kappa shape index (κ2) is 5.74. The molecule has 1 unspecified atom stereocenters. The van der Waals surface area contributed by atoms with Gasteiger partial charge in [0, 0.05) is 18.6 Å². The summed E-state index contributed by atoms with van der Waals surface area (Å²) in [6, 6.07) is 6.50. The molecule has 9 heteroatoms. The fraction of sp³-hybridized carbons (Fsp3) is 0.214. The summed E-state index contributed by atoms with van der Waals surface area (Å²) in [5.74, 6) is -3.14. The summed E-state index contributed by atoms with van der Waals surface area (Å²) in [6.07, 6.45) is 1.53. The maximum Gasteiger partial charge on any atom is 0.242 e. The van der Waals surface area contributed by atoms with Crippen molar-refractivity contribution in [3.63, 3.8) is 0 Å². The number of Topliss-reactive ketones (excluding diaryl/α,β-unsaturated/α-hetero) is 1. The molecular formula is C14H13N3O4S2. The predicted molar refractivity (Wildman–Crippen MR) is 87.1 cm³/mol. The zero-order valence-corrected chi connectivity index (χ0v) is 13.7. The van der Waals surface area contributed by atoms with Gasteiger partial charge in [0.2, 0.25) is 15.9 Å². The Morgan fingerprint density at radius 2 is 2.13 bits per heavy atom. The standard InChI is InChI=1S/C14H13N3O4S2/c1-17-10-5-3-2-4-9(10)12(11(18)8-23(17,20)21)13(19)16-14-15-6-7-22-14/h2-7,12H,8H2,1H3,(H,15,16,19). The first-order valence-electron chi connectivity index (χ1n) is 6.69. The van der Waals surface area contributed by atoms with Gasteiger partial charge in [-0.05, 0) is 11.6 Å². The van der Waals surface area contributed by atoms with Crippen molar-refractivity contribution in [1.29, 1.82) is 0 Å². The first-order valence-corrected chi connectivity index (χ1v) is 9.17. The van der Waals surface area contributed by atoms with Crippen molar-refractivity contribution in [2.45, 2.75) is 5.92 Å². The smallest absolute Gasteiger partial charge is 0.242 e.